The first kappa shape index (κ1) is 55.6. The maximum atomic E-state index is 12.0. The molecular weight excluding hydrogens is 997 g/mol. The maximum Gasteiger partial charge on any atom is 0.335 e. The Morgan fingerprint density at radius 1 is 0.527 bits per heavy atom. The van der Waals surface area contributed by atoms with E-state index in [1.165, 1.54) is 36.8 Å². The van der Waals surface area contributed by atoms with Crippen molar-refractivity contribution in [1.29, 1.82) is 0 Å². The van der Waals surface area contributed by atoms with E-state index >= 15 is 0 Å². The Labute approximate surface area is 445 Å². The Morgan fingerprint density at radius 2 is 0.919 bits per heavy atom. The van der Waals surface area contributed by atoms with E-state index in [0.29, 0.717) is 6.42 Å². The second-order valence-corrected chi connectivity index (χ2v) is 22.5. The van der Waals surface area contributed by atoms with Gasteiger partial charge < -0.3 is 33.9 Å². The zero-order valence-electron chi connectivity index (χ0n) is 43.3. The van der Waals surface area contributed by atoms with Gasteiger partial charge in [-0.3, -0.25) is 14.4 Å². The van der Waals surface area contributed by atoms with E-state index in [1.54, 1.807) is 58.7 Å². The minimum Gasteiger partial charge on any atom is -0.478 e. The van der Waals surface area contributed by atoms with Gasteiger partial charge in [0.2, 0.25) is 0 Å². The summed E-state index contributed by atoms with van der Waals surface area (Å²) in [6.45, 7) is 16.3. The lowest BCUT2D eigenvalue weighted by molar-refractivity contribution is -0.222. The molecule has 0 spiro atoms. The van der Waals surface area contributed by atoms with Crippen LogP contribution in [0.15, 0.2) is 109 Å². The fraction of sp³-hybridized carbons (Fsp3) is 0.373. The quantitative estimate of drug-likeness (QED) is 0.0780. The van der Waals surface area contributed by atoms with Crippen LogP contribution in [0.2, 0.25) is 0 Å². The van der Waals surface area contributed by atoms with Crippen molar-refractivity contribution in [2.75, 3.05) is 6.26 Å². The van der Waals surface area contributed by atoms with E-state index in [0.717, 1.165) is 54.4 Å². The molecule has 0 amide bonds. The molecule has 0 aliphatic carbocycles. The molecule has 10 atom stereocenters. The minimum absolute atomic E-state index is 0.0118. The van der Waals surface area contributed by atoms with Gasteiger partial charge in [0.05, 0.1) is 34.7 Å². The number of rotatable bonds is 14. The molecule has 2 aliphatic rings. The van der Waals surface area contributed by atoms with Gasteiger partial charge in [0, 0.05) is 65.0 Å². The number of aryl methyl sites for hydroxylation is 2. The van der Waals surface area contributed by atoms with E-state index in [9.17, 15) is 24.0 Å². The number of carbonyl (C=O) groups excluding carboxylic acids is 3. The number of carboxylic acid groups (broad SMARTS) is 2. The highest BCUT2D eigenvalue weighted by Gasteiger charge is 2.47. The fourth-order valence-electron chi connectivity index (χ4n) is 9.49. The summed E-state index contributed by atoms with van der Waals surface area (Å²) in [5, 5.41) is 18.3. The van der Waals surface area contributed by atoms with Gasteiger partial charge in [-0.25, -0.2) is 9.59 Å². The second kappa shape index (κ2) is 24.5. The van der Waals surface area contributed by atoms with Gasteiger partial charge >= 0.3 is 29.8 Å². The number of hydrogen-bond acceptors (Lipinski definition) is 13. The third kappa shape index (κ3) is 13.4. The molecule has 2 saturated heterocycles. The first-order valence-electron chi connectivity index (χ1n) is 24.6. The maximum absolute atomic E-state index is 12.0. The van der Waals surface area contributed by atoms with Crippen LogP contribution in [0.5, 0.6) is 0 Å². The Balaban J connectivity index is 0.000000217. The molecule has 390 valence electrons. The van der Waals surface area contributed by atoms with Crippen molar-refractivity contribution in [3.63, 3.8) is 0 Å². The molecule has 12 nitrogen and oxygen atoms in total. The molecule has 2 N–H and O–H groups in total. The topological polar surface area (TPSA) is 172 Å². The number of thiophene rings is 2. The molecule has 4 heterocycles. The standard InChI is InChI=1S/C30H32O7S.C29H32O5S2/c1-16-6-7-23(28-29(37-20(5)32)27(36-19(4)31)17(2)18(3)35-28)14-24(16)15-25-12-13-26(38-25)21-8-10-22(11-9-21)30(33)34;1-16-6-7-22(27-28(35-5)26(34-19(4)30)17(2)18(3)33-27)14-23(16)15-24-12-13-25(36-24)20-8-10-21(11-9-20)29(31)32/h6-14,17-18,27-29H,15H2,1-5H3,(H,33,34);6-14,17-18,26-28H,15H2,1-5H3,(H,31,32)/t17-,18-,27+,28?,29-;17-,18-,26+,27?,28-/m11/s1. The van der Waals surface area contributed by atoms with E-state index in [2.05, 4.69) is 70.2 Å². The molecule has 0 bridgehead atoms. The monoisotopic (exact) mass is 1060 g/mol. The van der Waals surface area contributed by atoms with E-state index in [4.69, 9.17) is 33.9 Å². The van der Waals surface area contributed by atoms with Gasteiger partial charge in [-0.05, 0) is 127 Å². The van der Waals surface area contributed by atoms with Crippen molar-refractivity contribution >= 4 is 64.3 Å². The predicted octanol–water partition coefficient (Wildman–Crippen LogP) is 12.7. The lowest BCUT2D eigenvalue weighted by Gasteiger charge is -2.44. The van der Waals surface area contributed by atoms with Gasteiger partial charge in [0.1, 0.15) is 18.3 Å². The summed E-state index contributed by atoms with van der Waals surface area (Å²) >= 11 is 5.06. The summed E-state index contributed by atoms with van der Waals surface area (Å²) in [6, 6.07) is 34.8. The highest BCUT2D eigenvalue weighted by Crippen LogP contribution is 2.44. The molecule has 0 radical (unpaired) electrons. The van der Waals surface area contributed by atoms with Crippen molar-refractivity contribution < 1.29 is 57.9 Å². The van der Waals surface area contributed by atoms with Gasteiger partial charge in [-0.15, -0.1) is 22.7 Å². The van der Waals surface area contributed by atoms with Crippen LogP contribution in [-0.4, -0.2) is 82.1 Å². The average Bonchev–Trinajstić information content (AvgIpc) is 4.04. The summed E-state index contributed by atoms with van der Waals surface area (Å²) in [4.78, 5) is 62.5. The van der Waals surface area contributed by atoms with Gasteiger partial charge in [0.25, 0.3) is 0 Å². The molecule has 2 aromatic heterocycles. The van der Waals surface area contributed by atoms with Crippen LogP contribution in [0.3, 0.4) is 0 Å². The van der Waals surface area contributed by atoms with Crippen LogP contribution in [0.4, 0.5) is 0 Å². The fourth-order valence-corrected chi connectivity index (χ4v) is 12.6. The van der Waals surface area contributed by atoms with Crippen LogP contribution >= 0.6 is 34.4 Å². The van der Waals surface area contributed by atoms with Crippen LogP contribution in [0.25, 0.3) is 20.9 Å². The zero-order chi connectivity index (χ0) is 53.5. The number of hydrogen-bond donors (Lipinski definition) is 2. The third-order valence-electron chi connectivity index (χ3n) is 14.0. The van der Waals surface area contributed by atoms with E-state index < -0.39 is 42.2 Å². The number of thioether (sulfide) groups is 1. The lowest BCUT2D eigenvalue weighted by atomic mass is 9.85. The average molecular weight is 1060 g/mol. The Bertz CT molecular complexity index is 2960. The smallest absolute Gasteiger partial charge is 0.335 e. The highest BCUT2D eigenvalue weighted by molar-refractivity contribution is 7.99. The van der Waals surface area contributed by atoms with Crippen LogP contribution < -0.4 is 0 Å². The summed E-state index contributed by atoms with van der Waals surface area (Å²) in [5.74, 6) is -3.05. The molecule has 15 heteroatoms. The third-order valence-corrected chi connectivity index (χ3v) is 17.3. The number of ether oxygens (including phenoxy) is 5. The van der Waals surface area contributed by atoms with Crippen molar-refractivity contribution in [3.05, 3.63) is 163 Å². The van der Waals surface area contributed by atoms with E-state index in [1.807, 2.05) is 62.6 Å². The normalized spacial score (nSPS) is 23.4. The Kier molecular flexibility index (Phi) is 18.4. The largest absolute Gasteiger partial charge is 0.478 e. The molecule has 74 heavy (non-hydrogen) atoms. The summed E-state index contributed by atoms with van der Waals surface area (Å²) in [7, 11) is 0. The SMILES string of the molecule is CC(=O)O[C@H]1[C@H](C)[C@@H](C)OC(c2ccc(C)c(Cc3ccc(-c4ccc(C(=O)O)cc4)s3)c2)[C@@H]1OC(C)=O.CS[C@H]1C(c2ccc(C)c(Cc3ccc(-c4ccc(C(=O)O)cc4)s3)c2)O[C@H](C)[C@@H](C)[C@@H]1OC(C)=O. The molecule has 6 aromatic rings. The summed E-state index contributed by atoms with van der Waals surface area (Å²) < 4.78 is 29.9. The summed E-state index contributed by atoms with van der Waals surface area (Å²) in [5.41, 5.74) is 9.17. The number of esters is 3. The van der Waals surface area contributed by atoms with Gasteiger partial charge in [-0.2, -0.15) is 11.8 Å². The molecule has 2 fully saturated rings. The minimum atomic E-state index is -0.945. The summed E-state index contributed by atoms with van der Waals surface area (Å²) in [6.07, 6.45) is 0.960. The second-order valence-electron chi connectivity index (χ2n) is 19.2. The number of aromatic carboxylic acids is 2. The van der Waals surface area contributed by atoms with Crippen molar-refractivity contribution in [2.24, 2.45) is 11.8 Å². The van der Waals surface area contributed by atoms with Gasteiger partial charge in [0.15, 0.2) is 6.10 Å². The first-order chi connectivity index (χ1) is 35.2. The molecule has 2 aliphatic heterocycles. The molecule has 2 unspecified atom stereocenters. The van der Waals surface area contributed by atoms with Crippen molar-refractivity contribution in [1.82, 2.24) is 0 Å². The molecule has 4 aromatic carbocycles. The lowest BCUT2D eigenvalue weighted by Crippen LogP contribution is -2.52. The molecular formula is C59H64O12S3. The van der Waals surface area contributed by atoms with Crippen LogP contribution in [0.1, 0.15) is 125 Å². The first-order valence-corrected chi connectivity index (χ1v) is 27.5. The van der Waals surface area contributed by atoms with Crippen molar-refractivity contribution in [2.45, 2.75) is 123 Å². The van der Waals surface area contributed by atoms with Crippen LogP contribution in [-0.2, 0) is 50.9 Å². The molecule has 8 rings (SSSR count). The number of carboxylic acids is 2. The predicted molar refractivity (Wildman–Crippen MR) is 290 cm³/mol. The molecule has 0 saturated carbocycles. The Morgan fingerprint density at radius 3 is 1.34 bits per heavy atom. The van der Waals surface area contributed by atoms with Gasteiger partial charge in [-0.1, -0.05) is 74.5 Å². The van der Waals surface area contributed by atoms with Crippen LogP contribution in [0, 0.1) is 25.7 Å². The Hall–Kier alpha value is -6.10. The number of carbonyl (C=O) groups is 5. The van der Waals surface area contributed by atoms with E-state index in [-0.39, 0.29) is 58.6 Å². The highest BCUT2D eigenvalue weighted by atomic mass is 32.2. The zero-order valence-corrected chi connectivity index (χ0v) is 45.7. The van der Waals surface area contributed by atoms with Crippen molar-refractivity contribution in [3.8, 4) is 20.9 Å². The number of benzene rings is 4.